The summed E-state index contributed by atoms with van der Waals surface area (Å²) in [5.41, 5.74) is 1.61. The fourth-order valence-electron chi connectivity index (χ4n) is 3.90. The van der Waals surface area contributed by atoms with Crippen molar-refractivity contribution < 1.29 is 19.4 Å². The average Bonchev–Trinajstić information content (AvgIpc) is 3.15. The summed E-state index contributed by atoms with van der Waals surface area (Å²) in [6.45, 7) is 6.15. The predicted octanol–water partition coefficient (Wildman–Crippen LogP) is 3.85. The highest BCUT2D eigenvalue weighted by molar-refractivity contribution is 6.34. The Hall–Kier alpha value is -2.09. The van der Waals surface area contributed by atoms with Crippen LogP contribution in [0.15, 0.2) is 30.7 Å². The molecule has 1 fully saturated rings. The number of nitrogens with zero attached hydrogens (tertiary/aromatic N) is 3. The number of carbonyl (C=O) groups is 2. The molecular weight excluding hydrogens is 429 g/mol. The SMILES string of the molecule is CC(C)C[C@H]1C(=O)OC(C)N1[C@@H](Cc1cncn1Cc1cc(Cl)cc(Cl)c1)C(=O)O. The molecule has 1 aromatic carbocycles. The molecule has 1 unspecified atom stereocenters. The molecule has 0 saturated carbocycles. The number of hydrogen-bond acceptors (Lipinski definition) is 5. The smallest absolute Gasteiger partial charge is 0.325 e. The van der Waals surface area contributed by atoms with E-state index in [2.05, 4.69) is 4.98 Å². The predicted molar refractivity (Wildman–Crippen MR) is 114 cm³/mol. The van der Waals surface area contributed by atoms with Crippen molar-refractivity contribution in [3.63, 3.8) is 0 Å². The Kier molecular flexibility index (Phi) is 7.06. The molecule has 0 aliphatic carbocycles. The van der Waals surface area contributed by atoms with Crippen LogP contribution < -0.4 is 0 Å². The normalized spacial score (nSPS) is 20.5. The lowest BCUT2D eigenvalue weighted by Gasteiger charge is -2.30. The average molecular weight is 454 g/mol. The van der Waals surface area contributed by atoms with Crippen LogP contribution >= 0.6 is 23.2 Å². The van der Waals surface area contributed by atoms with Crippen LogP contribution in [0.4, 0.5) is 0 Å². The number of carboxylic acids is 1. The van der Waals surface area contributed by atoms with Crippen LogP contribution in [0, 0.1) is 5.92 Å². The number of aliphatic carboxylic acids is 1. The zero-order valence-corrected chi connectivity index (χ0v) is 18.6. The molecule has 9 heteroatoms. The van der Waals surface area contributed by atoms with Gasteiger partial charge < -0.3 is 14.4 Å². The molecule has 0 bridgehead atoms. The Morgan fingerprint density at radius 2 is 1.93 bits per heavy atom. The summed E-state index contributed by atoms with van der Waals surface area (Å²) < 4.78 is 7.22. The lowest BCUT2D eigenvalue weighted by molar-refractivity contribution is -0.147. The van der Waals surface area contributed by atoms with Gasteiger partial charge in [-0.3, -0.25) is 9.59 Å². The molecule has 2 heterocycles. The van der Waals surface area contributed by atoms with Gasteiger partial charge in [-0.05, 0) is 43.0 Å². The Morgan fingerprint density at radius 1 is 1.27 bits per heavy atom. The lowest BCUT2D eigenvalue weighted by Crippen LogP contribution is -2.50. The summed E-state index contributed by atoms with van der Waals surface area (Å²) in [7, 11) is 0. The van der Waals surface area contributed by atoms with Crippen molar-refractivity contribution in [1.29, 1.82) is 0 Å². The summed E-state index contributed by atoms with van der Waals surface area (Å²) in [5.74, 6) is -1.15. The van der Waals surface area contributed by atoms with Gasteiger partial charge in [0, 0.05) is 34.9 Å². The lowest BCUT2D eigenvalue weighted by atomic mass is 10.00. The van der Waals surface area contributed by atoms with Gasteiger partial charge in [-0.1, -0.05) is 37.0 Å². The van der Waals surface area contributed by atoms with Gasteiger partial charge in [-0.15, -0.1) is 0 Å². The molecule has 30 heavy (non-hydrogen) atoms. The van der Waals surface area contributed by atoms with Gasteiger partial charge in [0.05, 0.1) is 6.33 Å². The van der Waals surface area contributed by atoms with Crippen molar-refractivity contribution in [2.45, 2.75) is 58.5 Å². The number of rotatable bonds is 8. The molecule has 162 valence electrons. The molecule has 1 aliphatic rings. The van der Waals surface area contributed by atoms with E-state index in [4.69, 9.17) is 27.9 Å². The van der Waals surface area contributed by atoms with Crippen molar-refractivity contribution in [2.75, 3.05) is 0 Å². The molecule has 1 saturated heterocycles. The third kappa shape index (κ3) is 5.14. The molecule has 2 aromatic rings. The van der Waals surface area contributed by atoms with E-state index in [1.807, 2.05) is 18.4 Å². The van der Waals surface area contributed by atoms with E-state index in [0.717, 1.165) is 11.3 Å². The third-order valence-electron chi connectivity index (χ3n) is 5.15. The van der Waals surface area contributed by atoms with E-state index in [1.165, 1.54) is 0 Å². The molecule has 3 atom stereocenters. The minimum atomic E-state index is -1.01. The van der Waals surface area contributed by atoms with Crippen LogP contribution in [0.1, 0.15) is 38.4 Å². The maximum atomic E-state index is 12.3. The standard InChI is InChI=1S/C21H25Cl2N3O4/c1-12(2)4-19-21(29)30-13(3)26(19)18(20(27)28)8-17-9-24-11-25(17)10-14-5-15(22)7-16(23)6-14/h5-7,9,11-13,18-19H,4,8,10H2,1-3H3,(H,27,28)/t13?,18-,19-/m0/s1. The number of carbonyl (C=O) groups excluding carboxylic acids is 1. The number of esters is 1. The van der Waals surface area contributed by atoms with Gasteiger partial charge in [-0.2, -0.15) is 0 Å². The van der Waals surface area contributed by atoms with Gasteiger partial charge in [0.1, 0.15) is 12.1 Å². The summed E-state index contributed by atoms with van der Waals surface area (Å²) in [6.07, 6.45) is 3.39. The van der Waals surface area contributed by atoms with Gasteiger partial charge in [0.2, 0.25) is 0 Å². The first-order chi connectivity index (χ1) is 14.2. The molecule has 7 nitrogen and oxygen atoms in total. The first-order valence-electron chi connectivity index (χ1n) is 9.80. The monoisotopic (exact) mass is 453 g/mol. The molecular formula is C21H25Cl2N3O4. The van der Waals surface area contributed by atoms with Crippen LogP contribution in [-0.2, 0) is 27.3 Å². The van der Waals surface area contributed by atoms with E-state index in [1.54, 1.807) is 42.5 Å². The van der Waals surface area contributed by atoms with Crippen LogP contribution in [0.5, 0.6) is 0 Å². The number of halogens is 2. The van der Waals surface area contributed by atoms with Crippen LogP contribution in [0.25, 0.3) is 0 Å². The second-order valence-electron chi connectivity index (χ2n) is 7.98. The highest BCUT2D eigenvalue weighted by Crippen LogP contribution is 2.28. The Morgan fingerprint density at radius 3 is 2.53 bits per heavy atom. The number of benzene rings is 1. The maximum absolute atomic E-state index is 12.3. The van der Waals surface area contributed by atoms with E-state index >= 15 is 0 Å². The second-order valence-corrected chi connectivity index (χ2v) is 8.85. The van der Waals surface area contributed by atoms with Crippen LogP contribution in [0.2, 0.25) is 10.0 Å². The highest BCUT2D eigenvalue weighted by Gasteiger charge is 2.46. The Labute approximate surface area is 185 Å². The first-order valence-corrected chi connectivity index (χ1v) is 10.6. The zero-order valence-electron chi connectivity index (χ0n) is 17.1. The van der Waals surface area contributed by atoms with E-state index in [9.17, 15) is 14.7 Å². The Balaban J connectivity index is 1.85. The number of ether oxygens (including phenoxy) is 1. The molecule has 1 N–H and O–H groups in total. The quantitative estimate of drug-likeness (QED) is 0.610. The summed E-state index contributed by atoms with van der Waals surface area (Å²) in [5, 5.41) is 11.0. The van der Waals surface area contributed by atoms with Crippen molar-refractivity contribution in [3.8, 4) is 0 Å². The summed E-state index contributed by atoms with van der Waals surface area (Å²) in [4.78, 5) is 30.4. The number of imidazole rings is 1. The third-order valence-corrected chi connectivity index (χ3v) is 5.59. The molecule has 3 rings (SSSR count). The van der Waals surface area contributed by atoms with Gasteiger partial charge in [-0.25, -0.2) is 9.88 Å². The molecule has 0 radical (unpaired) electrons. The highest BCUT2D eigenvalue weighted by atomic mass is 35.5. The van der Waals surface area contributed by atoms with Gasteiger partial charge in [0.15, 0.2) is 6.23 Å². The van der Waals surface area contributed by atoms with E-state index < -0.39 is 24.3 Å². The number of cyclic esters (lactones) is 1. The van der Waals surface area contributed by atoms with Crippen LogP contribution in [0.3, 0.4) is 0 Å². The topological polar surface area (TPSA) is 84.7 Å². The number of carboxylic acid groups (broad SMARTS) is 1. The van der Waals surface area contributed by atoms with Crippen LogP contribution in [-0.4, -0.2) is 49.8 Å². The van der Waals surface area contributed by atoms with E-state index in [-0.39, 0.29) is 18.3 Å². The molecule has 1 aromatic heterocycles. The molecule has 0 spiro atoms. The van der Waals surface area contributed by atoms with Gasteiger partial charge in [0.25, 0.3) is 0 Å². The van der Waals surface area contributed by atoms with E-state index in [0.29, 0.717) is 23.0 Å². The Bertz CT molecular complexity index is 910. The fourth-order valence-corrected chi connectivity index (χ4v) is 4.47. The first kappa shape index (κ1) is 22.6. The summed E-state index contributed by atoms with van der Waals surface area (Å²) in [6, 6.07) is 3.76. The minimum Gasteiger partial charge on any atom is -0.480 e. The fraction of sp³-hybridized carbons (Fsp3) is 0.476. The maximum Gasteiger partial charge on any atom is 0.325 e. The summed E-state index contributed by atoms with van der Waals surface area (Å²) >= 11 is 12.2. The molecule has 0 amide bonds. The van der Waals surface area contributed by atoms with Gasteiger partial charge >= 0.3 is 11.9 Å². The van der Waals surface area contributed by atoms with Crippen molar-refractivity contribution in [3.05, 3.63) is 52.0 Å². The largest absolute Gasteiger partial charge is 0.480 e. The number of hydrogen-bond donors (Lipinski definition) is 1. The zero-order chi connectivity index (χ0) is 22.0. The van der Waals surface area contributed by atoms with Crippen molar-refractivity contribution >= 4 is 35.1 Å². The van der Waals surface area contributed by atoms with Crippen molar-refractivity contribution in [1.82, 2.24) is 14.5 Å². The molecule has 1 aliphatic heterocycles. The number of aromatic nitrogens is 2. The van der Waals surface area contributed by atoms with Crippen molar-refractivity contribution in [2.24, 2.45) is 5.92 Å². The second kappa shape index (κ2) is 9.37. The minimum absolute atomic E-state index is 0.180.